The zero-order chi connectivity index (χ0) is 8.81. The fraction of sp³-hybridized carbons (Fsp3) is 0.583. The van der Waals surface area contributed by atoms with E-state index in [0.717, 1.165) is 0 Å². The maximum Gasteiger partial charge on any atom is 0.0165 e. The van der Waals surface area contributed by atoms with Gasteiger partial charge in [-0.1, -0.05) is 56.9 Å². The summed E-state index contributed by atoms with van der Waals surface area (Å²) in [5, 5.41) is 0. The first-order chi connectivity index (χ1) is 5.83. The van der Waals surface area contributed by atoms with Crippen LogP contribution in [0.2, 0.25) is 0 Å². The van der Waals surface area contributed by atoms with Crippen LogP contribution in [0.25, 0.3) is 0 Å². The van der Waals surface area contributed by atoms with E-state index in [9.17, 15) is 0 Å². The summed E-state index contributed by atoms with van der Waals surface area (Å²) in [6, 6.07) is 0. The second-order valence-corrected chi connectivity index (χ2v) is 3.61. The molecule has 13 heavy (non-hydrogen) atoms. The molecule has 0 amide bonds. The molecule has 0 unspecified atom stereocenters. The van der Waals surface area contributed by atoms with Crippen LogP contribution in [-0.4, -0.2) is 0 Å². The van der Waals surface area contributed by atoms with Crippen LogP contribution < -0.4 is 0 Å². The summed E-state index contributed by atoms with van der Waals surface area (Å²) in [5.74, 6) is 1.40. The van der Waals surface area contributed by atoms with E-state index in [1.165, 1.54) is 43.6 Å². The van der Waals surface area contributed by atoms with Crippen LogP contribution in [0, 0.1) is 5.92 Å². The van der Waals surface area contributed by atoms with Crippen molar-refractivity contribution in [1.82, 2.24) is 0 Å². The van der Waals surface area contributed by atoms with Crippen molar-refractivity contribution in [1.29, 1.82) is 0 Å². The molecule has 1 aliphatic carbocycles. The van der Waals surface area contributed by atoms with Crippen LogP contribution in [0.4, 0.5) is 0 Å². The Balaban J connectivity index is 0.00000144. The number of hydrogen-bond donors (Lipinski definition) is 0. The molecular weight excluding hydrogens is 235 g/mol. The number of hydrogen-bond acceptors (Lipinski definition) is 0. The summed E-state index contributed by atoms with van der Waals surface area (Å²) >= 11 is 0. The molecule has 0 aromatic carbocycles. The smallest absolute Gasteiger partial charge is 0.0165 e. The summed E-state index contributed by atoms with van der Waals surface area (Å²) < 4.78 is 0. The molecule has 1 rings (SSSR count). The molecule has 0 aromatic rings. The summed E-state index contributed by atoms with van der Waals surface area (Å²) in [7, 11) is 0. The van der Waals surface area contributed by atoms with Crippen molar-refractivity contribution in [3.63, 3.8) is 0 Å². The third kappa shape index (κ3) is 5.63. The fourth-order valence-electron chi connectivity index (χ4n) is 1.54. The summed E-state index contributed by atoms with van der Waals surface area (Å²) in [6.45, 7) is 4.42. The van der Waals surface area contributed by atoms with E-state index in [1.54, 1.807) is 0 Å². The van der Waals surface area contributed by atoms with Gasteiger partial charge in [0.1, 0.15) is 0 Å². The normalized spacial score (nSPS) is 15.7. The second-order valence-electron chi connectivity index (χ2n) is 3.61. The van der Waals surface area contributed by atoms with Gasteiger partial charge in [0.05, 0.1) is 0 Å². The first-order valence-corrected chi connectivity index (χ1v) is 5.05. The van der Waals surface area contributed by atoms with Gasteiger partial charge in [0.25, 0.3) is 0 Å². The van der Waals surface area contributed by atoms with E-state index in [2.05, 4.69) is 32.1 Å². The molecule has 0 N–H and O–H groups in total. The molecule has 0 nitrogen and oxygen atoms in total. The minimum Gasteiger partial charge on any atom is -0.0734 e. The monoisotopic (exact) mass is 253 g/mol. The van der Waals surface area contributed by atoms with Gasteiger partial charge in [-0.25, -0.2) is 0 Å². The quantitative estimate of drug-likeness (QED) is 0.650. The first-order valence-electron chi connectivity index (χ1n) is 5.05. The van der Waals surface area contributed by atoms with Crippen LogP contribution in [-0.2, 0) is 26.2 Å². The molecule has 1 radical (unpaired) electrons. The van der Waals surface area contributed by atoms with Crippen molar-refractivity contribution in [3.05, 3.63) is 29.7 Å². The molecule has 0 aromatic heterocycles. The SMILES string of the molecule is CCCCCCC1=C[C](C)C=C1.[Zr]. The maximum absolute atomic E-state index is 2.30. The second kappa shape index (κ2) is 7.74. The Labute approximate surface area is 102 Å². The molecule has 0 fully saturated rings. The third-order valence-corrected chi connectivity index (χ3v) is 2.29. The summed E-state index contributed by atoms with van der Waals surface area (Å²) in [6.07, 6.45) is 13.5. The molecule has 1 aliphatic rings. The van der Waals surface area contributed by atoms with Gasteiger partial charge in [-0.15, -0.1) is 0 Å². The minimum atomic E-state index is 0. The molecule has 0 bridgehead atoms. The van der Waals surface area contributed by atoms with E-state index >= 15 is 0 Å². The largest absolute Gasteiger partial charge is 0.0734 e. The van der Waals surface area contributed by atoms with Crippen LogP contribution in [0.15, 0.2) is 23.8 Å². The van der Waals surface area contributed by atoms with Crippen LogP contribution in [0.5, 0.6) is 0 Å². The Morgan fingerprint density at radius 3 is 2.38 bits per heavy atom. The molecule has 0 saturated carbocycles. The summed E-state index contributed by atoms with van der Waals surface area (Å²) in [5.41, 5.74) is 1.52. The topological polar surface area (TPSA) is 0 Å². The van der Waals surface area contributed by atoms with Crippen LogP contribution in [0.3, 0.4) is 0 Å². The Hall–Kier alpha value is 0.363. The molecule has 0 heterocycles. The average molecular weight is 255 g/mol. The van der Waals surface area contributed by atoms with Gasteiger partial charge in [-0.3, -0.25) is 0 Å². The van der Waals surface area contributed by atoms with Gasteiger partial charge in [0.2, 0.25) is 0 Å². The van der Waals surface area contributed by atoms with Gasteiger partial charge < -0.3 is 0 Å². The van der Waals surface area contributed by atoms with Crippen LogP contribution >= 0.6 is 0 Å². The van der Waals surface area contributed by atoms with E-state index in [-0.39, 0.29) is 26.2 Å². The number of unbranched alkanes of at least 4 members (excludes halogenated alkanes) is 3. The van der Waals surface area contributed by atoms with Crippen molar-refractivity contribution in [2.75, 3.05) is 0 Å². The molecule has 0 atom stereocenters. The first kappa shape index (κ1) is 13.4. The van der Waals surface area contributed by atoms with Crippen molar-refractivity contribution in [3.8, 4) is 0 Å². The van der Waals surface area contributed by atoms with Crippen LogP contribution in [0.1, 0.15) is 46.0 Å². The van der Waals surface area contributed by atoms with Gasteiger partial charge in [-0.2, -0.15) is 0 Å². The molecule has 0 spiro atoms. The van der Waals surface area contributed by atoms with E-state index in [0.29, 0.717) is 0 Å². The number of rotatable bonds is 5. The molecule has 0 aliphatic heterocycles. The van der Waals surface area contributed by atoms with Gasteiger partial charge >= 0.3 is 0 Å². The van der Waals surface area contributed by atoms with Crippen molar-refractivity contribution >= 4 is 0 Å². The Morgan fingerprint density at radius 1 is 1.08 bits per heavy atom. The zero-order valence-corrected chi connectivity index (χ0v) is 11.2. The molecule has 0 saturated heterocycles. The van der Waals surface area contributed by atoms with Crippen molar-refractivity contribution in [2.45, 2.75) is 46.0 Å². The fourth-order valence-corrected chi connectivity index (χ4v) is 1.54. The van der Waals surface area contributed by atoms with E-state index in [4.69, 9.17) is 0 Å². The Morgan fingerprint density at radius 2 is 1.85 bits per heavy atom. The van der Waals surface area contributed by atoms with Crippen molar-refractivity contribution in [2.24, 2.45) is 0 Å². The van der Waals surface area contributed by atoms with Gasteiger partial charge in [0.15, 0.2) is 0 Å². The number of allylic oxidation sites excluding steroid dienone is 4. The molecular formula is C12H19Zr. The predicted molar refractivity (Wildman–Crippen MR) is 54.9 cm³/mol. The zero-order valence-electron chi connectivity index (χ0n) is 8.77. The van der Waals surface area contributed by atoms with Gasteiger partial charge in [-0.05, 0) is 12.8 Å². The third-order valence-electron chi connectivity index (χ3n) is 2.29. The van der Waals surface area contributed by atoms with Gasteiger partial charge in [0, 0.05) is 32.1 Å². The summed E-state index contributed by atoms with van der Waals surface area (Å²) in [4.78, 5) is 0. The predicted octanol–water partition coefficient (Wildman–Crippen LogP) is 4.04. The minimum absolute atomic E-state index is 0. The molecule has 71 valence electrons. The van der Waals surface area contributed by atoms with E-state index < -0.39 is 0 Å². The Kier molecular flexibility index (Phi) is 7.95. The standard InChI is InChI=1S/C12H19.Zr/c1-3-4-5-6-7-12-9-8-11(2)10-12;/h8-10H,3-7H2,1-2H3;. The van der Waals surface area contributed by atoms with E-state index in [1.807, 2.05) is 0 Å². The molecule has 1 heteroatoms. The maximum atomic E-state index is 2.30. The Bertz CT molecular complexity index is 180. The van der Waals surface area contributed by atoms with Crippen molar-refractivity contribution < 1.29 is 26.2 Å². The average Bonchev–Trinajstić information content (AvgIpc) is 2.45.